The molecule has 0 amide bonds. The van der Waals surface area contributed by atoms with Crippen LogP contribution in [0.25, 0.3) is 0 Å². The van der Waals surface area contributed by atoms with Crippen molar-refractivity contribution in [2.24, 2.45) is 0 Å². The van der Waals surface area contributed by atoms with Crippen molar-refractivity contribution in [1.82, 2.24) is 24.2 Å². The van der Waals surface area contributed by atoms with Crippen molar-refractivity contribution < 1.29 is 12.9 Å². The number of aryl methyl sites for hydroxylation is 3. The molecule has 0 bridgehead atoms. The predicted octanol–water partition coefficient (Wildman–Crippen LogP) is 2.21. The fraction of sp³-hybridized carbons (Fsp3) is 0.667. The van der Waals surface area contributed by atoms with Crippen LogP contribution >= 0.6 is 0 Å². The van der Waals surface area contributed by atoms with Gasteiger partial charge in [-0.2, -0.15) is 4.31 Å². The summed E-state index contributed by atoms with van der Waals surface area (Å²) in [5.41, 5.74) is 0.395. The van der Waals surface area contributed by atoms with Crippen molar-refractivity contribution in [2.45, 2.75) is 63.9 Å². The highest BCUT2D eigenvalue weighted by Crippen LogP contribution is 2.36. The second-order valence-electron chi connectivity index (χ2n) is 6.16. The molecule has 1 aliphatic heterocycles. The molecule has 2 aromatic heterocycles. The maximum Gasteiger partial charge on any atom is 0.249 e. The molecule has 1 atom stereocenters. The Balaban J connectivity index is 2.02. The summed E-state index contributed by atoms with van der Waals surface area (Å²) in [6, 6.07) is -0.300. The Morgan fingerprint density at radius 2 is 2.12 bits per heavy atom. The van der Waals surface area contributed by atoms with Gasteiger partial charge in [0.1, 0.15) is 16.9 Å². The molecule has 9 heteroatoms. The summed E-state index contributed by atoms with van der Waals surface area (Å²) in [4.78, 5) is 0.177. The highest BCUT2D eigenvalue weighted by Gasteiger charge is 2.39. The van der Waals surface area contributed by atoms with Gasteiger partial charge in [-0.05, 0) is 33.1 Å². The minimum Gasteiger partial charge on any atom is -0.360 e. The van der Waals surface area contributed by atoms with Crippen molar-refractivity contribution in [1.29, 1.82) is 0 Å². The Bertz CT molecular complexity index is 791. The normalized spacial score (nSPS) is 19.7. The van der Waals surface area contributed by atoms with Crippen LogP contribution in [0.3, 0.4) is 0 Å². The molecule has 0 N–H and O–H groups in total. The van der Waals surface area contributed by atoms with E-state index in [0.29, 0.717) is 23.8 Å². The van der Waals surface area contributed by atoms with E-state index in [1.807, 2.05) is 4.57 Å². The van der Waals surface area contributed by atoms with E-state index in [1.165, 1.54) is 0 Å². The minimum atomic E-state index is -3.69. The van der Waals surface area contributed by atoms with E-state index in [9.17, 15) is 8.42 Å². The molecule has 1 saturated heterocycles. The van der Waals surface area contributed by atoms with Gasteiger partial charge in [0.2, 0.25) is 10.0 Å². The summed E-state index contributed by atoms with van der Waals surface area (Å²) in [5.74, 6) is 1.04. The van der Waals surface area contributed by atoms with Gasteiger partial charge in [0.05, 0.1) is 6.04 Å². The molecule has 0 radical (unpaired) electrons. The summed E-state index contributed by atoms with van der Waals surface area (Å²) in [5, 5.41) is 12.0. The zero-order valence-electron chi connectivity index (χ0n) is 14.3. The van der Waals surface area contributed by atoms with Crippen LogP contribution in [0.4, 0.5) is 0 Å². The average molecular weight is 353 g/mol. The monoisotopic (exact) mass is 353 g/mol. The first-order chi connectivity index (χ1) is 11.5. The summed E-state index contributed by atoms with van der Waals surface area (Å²) in [6.45, 7) is 6.60. The predicted molar refractivity (Wildman–Crippen MR) is 86.8 cm³/mol. The van der Waals surface area contributed by atoms with Crippen LogP contribution in [0.15, 0.2) is 15.7 Å². The van der Waals surface area contributed by atoms with Crippen LogP contribution < -0.4 is 0 Å². The lowest BCUT2D eigenvalue weighted by Crippen LogP contribution is -2.40. The van der Waals surface area contributed by atoms with Crippen LogP contribution in [-0.4, -0.2) is 39.2 Å². The maximum absolute atomic E-state index is 13.2. The van der Waals surface area contributed by atoms with Gasteiger partial charge in [-0.25, -0.2) is 8.42 Å². The molecule has 132 valence electrons. The summed E-state index contributed by atoms with van der Waals surface area (Å²) in [6.07, 6.45) is 5.16. The van der Waals surface area contributed by atoms with Gasteiger partial charge in [-0.3, -0.25) is 0 Å². The second-order valence-corrected chi connectivity index (χ2v) is 7.99. The molecule has 3 rings (SSSR count). The first-order valence-electron chi connectivity index (χ1n) is 8.29. The Morgan fingerprint density at radius 1 is 1.33 bits per heavy atom. The number of hydrogen-bond acceptors (Lipinski definition) is 6. The number of piperidine rings is 1. The molecule has 1 fully saturated rings. The van der Waals surface area contributed by atoms with Crippen molar-refractivity contribution >= 4 is 10.0 Å². The van der Waals surface area contributed by atoms with Gasteiger partial charge in [0.15, 0.2) is 11.6 Å². The Morgan fingerprint density at radius 3 is 2.79 bits per heavy atom. The highest BCUT2D eigenvalue weighted by molar-refractivity contribution is 7.89. The quantitative estimate of drug-likeness (QED) is 0.818. The zero-order chi connectivity index (χ0) is 17.3. The molecule has 24 heavy (non-hydrogen) atoms. The molecule has 2 aromatic rings. The van der Waals surface area contributed by atoms with E-state index < -0.39 is 10.0 Å². The lowest BCUT2D eigenvalue weighted by atomic mass is 10.0. The van der Waals surface area contributed by atoms with E-state index in [4.69, 9.17) is 4.52 Å². The number of nitrogens with zero attached hydrogens (tertiary/aromatic N) is 5. The van der Waals surface area contributed by atoms with Crippen LogP contribution in [0, 0.1) is 13.8 Å². The molecule has 0 aromatic carbocycles. The lowest BCUT2D eigenvalue weighted by Gasteiger charge is -2.33. The number of rotatable bonds is 5. The number of aromatic nitrogens is 4. The SMILES string of the molecule is CCCn1cnnc1C1CCCCN1S(=O)(=O)c1c(C)noc1C. The zero-order valence-corrected chi connectivity index (χ0v) is 15.1. The van der Waals surface area contributed by atoms with Gasteiger partial charge in [-0.15, -0.1) is 10.2 Å². The van der Waals surface area contributed by atoms with E-state index in [0.717, 1.165) is 32.2 Å². The van der Waals surface area contributed by atoms with E-state index in [2.05, 4.69) is 22.3 Å². The van der Waals surface area contributed by atoms with Crippen LogP contribution in [-0.2, 0) is 16.6 Å². The van der Waals surface area contributed by atoms with E-state index in [-0.39, 0.29) is 10.9 Å². The van der Waals surface area contributed by atoms with E-state index >= 15 is 0 Å². The van der Waals surface area contributed by atoms with Crippen LogP contribution in [0.1, 0.15) is 55.9 Å². The van der Waals surface area contributed by atoms with Crippen molar-refractivity contribution in [2.75, 3.05) is 6.54 Å². The molecule has 8 nitrogen and oxygen atoms in total. The first kappa shape index (κ1) is 17.1. The first-order valence-corrected chi connectivity index (χ1v) is 9.73. The van der Waals surface area contributed by atoms with Gasteiger partial charge in [0.25, 0.3) is 0 Å². The molecule has 0 saturated carbocycles. The maximum atomic E-state index is 13.2. The minimum absolute atomic E-state index is 0.177. The Labute approximate surface area is 141 Å². The largest absolute Gasteiger partial charge is 0.360 e. The summed E-state index contributed by atoms with van der Waals surface area (Å²) >= 11 is 0. The molecular weight excluding hydrogens is 330 g/mol. The smallest absolute Gasteiger partial charge is 0.249 e. The molecule has 0 aliphatic carbocycles. The Kier molecular flexibility index (Phi) is 4.73. The fourth-order valence-corrected chi connectivity index (χ4v) is 5.30. The van der Waals surface area contributed by atoms with E-state index in [1.54, 1.807) is 24.5 Å². The molecule has 0 spiro atoms. The molecular formula is C15H23N5O3S. The molecule has 1 aliphatic rings. The van der Waals surface area contributed by atoms with Gasteiger partial charge in [-0.1, -0.05) is 18.5 Å². The average Bonchev–Trinajstić information content (AvgIpc) is 3.14. The van der Waals surface area contributed by atoms with Gasteiger partial charge >= 0.3 is 0 Å². The van der Waals surface area contributed by atoms with Crippen LogP contribution in [0.2, 0.25) is 0 Å². The Hall–Kier alpha value is -1.74. The van der Waals surface area contributed by atoms with Gasteiger partial charge < -0.3 is 9.09 Å². The number of sulfonamides is 1. The van der Waals surface area contributed by atoms with Crippen LogP contribution in [0.5, 0.6) is 0 Å². The van der Waals surface area contributed by atoms with Crippen molar-refractivity contribution in [3.05, 3.63) is 23.6 Å². The third-order valence-corrected chi connectivity index (χ3v) is 6.55. The molecule has 3 heterocycles. The topological polar surface area (TPSA) is 94.1 Å². The van der Waals surface area contributed by atoms with Crippen molar-refractivity contribution in [3.63, 3.8) is 0 Å². The second kappa shape index (κ2) is 6.64. The highest BCUT2D eigenvalue weighted by atomic mass is 32.2. The standard InChI is InChI=1S/C15H23N5O3S/c1-4-8-19-10-16-17-15(19)13-7-5-6-9-20(13)24(21,22)14-11(2)18-23-12(14)3/h10,13H,4-9H2,1-3H3. The third-order valence-electron chi connectivity index (χ3n) is 4.40. The summed E-state index contributed by atoms with van der Waals surface area (Å²) in [7, 11) is -3.69. The van der Waals surface area contributed by atoms with Crippen molar-refractivity contribution in [3.8, 4) is 0 Å². The van der Waals surface area contributed by atoms with Gasteiger partial charge in [0, 0.05) is 13.1 Å². The number of hydrogen-bond donors (Lipinski definition) is 0. The lowest BCUT2D eigenvalue weighted by molar-refractivity contribution is 0.240. The third kappa shape index (κ3) is 2.86. The fourth-order valence-electron chi connectivity index (χ4n) is 3.35. The summed E-state index contributed by atoms with van der Waals surface area (Å²) < 4.78 is 35.0. The molecule has 1 unspecified atom stereocenters.